The van der Waals surface area contributed by atoms with Crippen molar-refractivity contribution in [1.82, 2.24) is 9.34 Å². The van der Waals surface area contributed by atoms with Crippen LogP contribution in [-0.4, -0.2) is 35.5 Å². The molecule has 0 atom stereocenters. The predicted molar refractivity (Wildman–Crippen MR) is 84.5 cm³/mol. The van der Waals surface area contributed by atoms with E-state index in [1.165, 1.54) is 25.7 Å². The fourth-order valence-electron chi connectivity index (χ4n) is 3.24. The van der Waals surface area contributed by atoms with Crippen LogP contribution in [0.25, 0.3) is 0 Å². The average Bonchev–Trinajstić information content (AvgIpc) is 3.19. The van der Waals surface area contributed by atoms with Gasteiger partial charge in [0, 0.05) is 26.2 Å². The van der Waals surface area contributed by atoms with Crippen LogP contribution in [0, 0.1) is 0 Å². The number of hydrogen-bond acceptors (Lipinski definition) is 4. The third-order valence-electron chi connectivity index (χ3n) is 4.41. The molecule has 1 aromatic carbocycles. The number of hydrogen-bond donors (Lipinski definition) is 2. The monoisotopic (exact) mass is 295 g/mol. The predicted octanol–water partition coefficient (Wildman–Crippen LogP) is 1.48. The highest BCUT2D eigenvalue weighted by Gasteiger charge is 2.57. The van der Waals surface area contributed by atoms with Gasteiger partial charge in [-0.1, -0.05) is 23.0 Å². The van der Waals surface area contributed by atoms with E-state index in [4.69, 9.17) is 5.50 Å². The normalized spacial score (nSPS) is 21.5. The van der Waals surface area contributed by atoms with Gasteiger partial charge in [0.05, 0.1) is 0 Å². The summed E-state index contributed by atoms with van der Waals surface area (Å²) in [6.45, 7) is 4.44. The molecule has 0 bridgehead atoms. The van der Waals surface area contributed by atoms with Crippen molar-refractivity contribution in [2.24, 2.45) is 5.50 Å². The second kappa shape index (κ2) is 5.96. The third-order valence-corrected chi connectivity index (χ3v) is 7.81. The minimum atomic E-state index is -1.99. The van der Waals surface area contributed by atoms with Crippen LogP contribution in [0.4, 0.5) is 5.69 Å². The molecule has 2 fully saturated rings. The zero-order chi connectivity index (χ0) is 14.0. The highest BCUT2D eigenvalue weighted by atomic mass is 31.2. The number of rotatable bonds is 4. The van der Waals surface area contributed by atoms with Gasteiger partial charge in [0.25, 0.3) is 0 Å². The second-order valence-electron chi connectivity index (χ2n) is 5.67. The van der Waals surface area contributed by atoms with Crippen molar-refractivity contribution < 1.29 is 5.84 Å². The van der Waals surface area contributed by atoms with E-state index in [1.54, 1.807) is 0 Å². The van der Waals surface area contributed by atoms with E-state index in [1.807, 2.05) is 6.07 Å². The summed E-state index contributed by atoms with van der Waals surface area (Å²) in [7, 11) is -1.99. The van der Waals surface area contributed by atoms with Crippen LogP contribution in [-0.2, 0) is 0 Å². The van der Waals surface area contributed by atoms with E-state index in [0.717, 1.165) is 31.9 Å². The molecular weight excluding hydrogens is 269 g/mol. The van der Waals surface area contributed by atoms with Gasteiger partial charge in [0.15, 0.2) is 0 Å². The first-order valence-corrected chi connectivity index (χ1v) is 9.29. The third kappa shape index (κ3) is 2.45. The molecule has 5 N–H and O–H groups in total. The summed E-state index contributed by atoms with van der Waals surface area (Å²) in [4.78, 5) is 0. The van der Waals surface area contributed by atoms with Gasteiger partial charge in [-0.25, -0.2) is 5.84 Å². The molecule has 0 radical (unpaired) electrons. The fourth-order valence-corrected chi connectivity index (χ4v) is 6.43. The maximum atomic E-state index is 7.01. The SMILES string of the molecule is N[P+](N1CCCC1)(N1CCCC1)N([NH3+])c1ccccc1. The Morgan fingerprint density at radius 1 is 0.900 bits per heavy atom. The summed E-state index contributed by atoms with van der Waals surface area (Å²) in [5.41, 5.74) is 8.14. The van der Waals surface area contributed by atoms with Crippen LogP contribution in [0.15, 0.2) is 30.3 Å². The minimum Gasteiger partial charge on any atom is -0.219 e. The molecule has 0 saturated carbocycles. The summed E-state index contributed by atoms with van der Waals surface area (Å²) in [6, 6.07) is 10.4. The summed E-state index contributed by atoms with van der Waals surface area (Å²) in [6.07, 6.45) is 5.04. The Bertz CT molecular complexity index is 412. The molecule has 0 aliphatic carbocycles. The highest BCUT2D eigenvalue weighted by molar-refractivity contribution is 7.70. The molecule has 2 aliphatic heterocycles. The Labute approximate surface area is 122 Å². The first-order chi connectivity index (χ1) is 9.73. The van der Waals surface area contributed by atoms with Gasteiger partial charge >= 0.3 is 7.87 Å². The highest BCUT2D eigenvalue weighted by Crippen LogP contribution is 2.61. The number of nitrogens with two attached hydrogens (primary N) is 1. The largest absolute Gasteiger partial charge is 0.377 e. The Morgan fingerprint density at radius 2 is 1.35 bits per heavy atom. The van der Waals surface area contributed by atoms with Crippen LogP contribution in [0.2, 0.25) is 0 Å². The summed E-state index contributed by atoms with van der Waals surface area (Å²) < 4.78 is 7.11. The molecule has 0 amide bonds. The lowest BCUT2D eigenvalue weighted by atomic mass is 10.3. The lowest BCUT2D eigenvalue weighted by molar-refractivity contribution is -0.363. The quantitative estimate of drug-likeness (QED) is 0.652. The maximum absolute atomic E-state index is 7.01. The van der Waals surface area contributed by atoms with Crippen molar-refractivity contribution in [2.75, 3.05) is 31.0 Å². The van der Waals surface area contributed by atoms with Gasteiger partial charge < -0.3 is 0 Å². The topological polar surface area (TPSA) is 63.4 Å². The smallest absolute Gasteiger partial charge is 0.219 e. The second-order valence-corrected chi connectivity index (χ2v) is 8.52. The zero-order valence-corrected chi connectivity index (χ0v) is 13.0. The first-order valence-electron chi connectivity index (χ1n) is 7.57. The fraction of sp³-hybridized carbons (Fsp3) is 0.571. The van der Waals surface area contributed by atoms with Gasteiger partial charge in [-0.3, -0.25) is 0 Å². The maximum Gasteiger partial charge on any atom is 0.377 e. The summed E-state index contributed by atoms with van der Waals surface area (Å²) >= 11 is 0. The van der Waals surface area contributed by atoms with E-state index in [9.17, 15) is 0 Å². The van der Waals surface area contributed by atoms with E-state index < -0.39 is 7.87 Å². The van der Waals surface area contributed by atoms with Gasteiger partial charge in [-0.2, -0.15) is 5.50 Å². The van der Waals surface area contributed by atoms with Gasteiger partial charge in [-0.15, -0.1) is 9.34 Å². The lowest BCUT2D eigenvalue weighted by Crippen LogP contribution is -2.72. The molecule has 2 aliphatic rings. The molecule has 0 spiro atoms. The Kier molecular flexibility index (Phi) is 4.24. The molecule has 0 unspecified atom stereocenters. The van der Waals surface area contributed by atoms with Gasteiger partial charge in [-0.05, 0) is 37.8 Å². The molecule has 3 rings (SSSR count). The average molecular weight is 295 g/mol. The van der Waals surface area contributed by atoms with Gasteiger partial charge in [0.1, 0.15) is 5.69 Å². The molecule has 5 nitrogen and oxygen atoms in total. The van der Waals surface area contributed by atoms with Crippen LogP contribution in [0.5, 0.6) is 0 Å². The zero-order valence-electron chi connectivity index (χ0n) is 12.1. The minimum absolute atomic E-state index is 1.11. The van der Waals surface area contributed by atoms with Crippen molar-refractivity contribution in [1.29, 1.82) is 0 Å². The molecule has 2 heterocycles. The molecule has 2 saturated heterocycles. The van der Waals surface area contributed by atoms with Crippen LogP contribution in [0.1, 0.15) is 25.7 Å². The van der Waals surface area contributed by atoms with E-state index >= 15 is 0 Å². The van der Waals surface area contributed by atoms with Crippen LogP contribution < -0.4 is 16.1 Å². The van der Waals surface area contributed by atoms with E-state index in [0.29, 0.717) is 0 Å². The standard InChI is InChI=1S/C14H25N5P/c15-19(14-8-2-1-3-9-14)20(16,17-10-4-5-11-17)18-12-6-7-13-18/h1-3,8-9H,4-7,10-13,15-16H2/q+1/p+1. The molecule has 110 valence electrons. The van der Waals surface area contributed by atoms with Crippen molar-refractivity contribution in [2.45, 2.75) is 25.7 Å². The Morgan fingerprint density at radius 3 is 1.80 bits per heavy atom. The molecule has 1 aromatic rings. The number of benzene rings is 1. The molecule has 0 aromatic heterocycles. The Hall–Kier alpha value is -0.710. The van der Waals surface area contributed by atoms with Crippen molar-refractivity contribution in [3.8, 4) is 0 Å². The molecular formula is C14H26N5P+2. The number of nitrogens with zero attached hydrogens (tertiary/aromatic N) is 3. The van der Waals surface area contributed by atoms with Crippen molar-refractivity contribution >= 4 is 13.6 Å². The van der Waals surface area contributed by atoms with Gasteiger partial charge in [0.2, 0.25) is 0 Å². The molecule has 6 heteroatoms. The summed E-state index contributed by atoms with van der Waals surface area (Å²) in [5, 5.41) is 0. The van der Waals surface area contributed by atoms with E-state index in [-0.39, 0.29) is 0 Å². The van der Waals surface area contributed by atoms with E-state index in [2.05, 4.69) is 44.2 Å². The van der Waals surface area contributed by atoms with Crippen molar-refractivity contribution in [3.05, 3.63) is 30.3 Å². The van der Waals surface area contributed by atoms with Crippen LogP contribution >= 0.6 is 7.87 Å². The lowest BCUT2D eigenvalue weighted by Gasteiger charge is -2.37. The first kappa shape index (κ1) is 14.2. The number of quaternary nitrogens is 1. The van der Waals surface area contributed by atoms with Crippen LogP contribution in [0.3, 0.4) is 0 Å². The number of para-hydroxylation sites is 1. The van der Waals surface area contributed by atoms with Crippen molar-refractivity contribution in [3.63, 3.8) is 0 Å². The molecule has 20 heavy (non-hydrogen) atoms. The number of anilines is 1. The Balaban J connectivity index is 1.91. The summed E-state index contributed by atoms with van der Waals surface area (Å²) in [5.74, 6) is 4.34.